The maximum Gasteiger partial charge on any atom is 0.205 e. The Kier molecular flexibility index (Phi) is 4.29. The summed E-state index contributed by atoms with van der Waals surface area (Å²) in [5, 5.41) is 16.4. The van der Waals surface area contributed by atoms with Crippen LogP contribution in [0.5, 0.6) is 0 Å². The van der Waals surface area contributed by atoms with Crippen molar-refractivity contribution in [2.75, 3.05) is 0 Å². The molecule has 0 aliphatic heterocycles. The highest BCUT2D eigenvalue weighted by Crippen LogP contribution is 2.30. The van der Waals surface area contributed by atoms with Gasteiger partial charge in [0.05, 0.1) is 10.7 Å². The Balaban J connectivity index is 1.56. The zero-order chi connectivity index (χ0) is 17.2. The van der Waals surface area contributed by atoms with Gasteiger partial charge in [0.15, 0.2) is 0 Å². The van der Waals surface area contributed by atoms with Gasteiger partial charge in [-0.15, -0.1) is 21.5 Å². The van der Waals surface area contributed by atoms with Crippen LogP contribution in [0.25, 0.3) is 22.0 Å². The fourth-order valence-corrected chi connectivity index (χ4v) is 3.66. The molecule has 124 valence electrons. The smallest absolute Gasteiger partial charge is 0.205 e. The molecule has 0 saturated heterocycles. The van der Waals surface area contributed by atoms with Gasteiger partial charge < -0.3 is 0 Å². The lowest BCUT2D eigenvalue weighted by Gasteiger charge is -1.99. The fraction of sp³-hybridized carbons (Fsp3) is 0.111. The normalized spacial score (nSPS) is 11.0. The second kappa shape index (κ2) is 6.74. The fourth-order valence-electron chi connectivity index (χ4n) is 2.52. The summed E-state index contributed by atoms with van der Waals surface area (Å²) >= 11 is 7.80. The lowest BCUT2D eigenvalue weighted by atomic mass is 10.1. The van der Waals surface area contributed by atoms with Gasteiger partial charge in [-0.25, -0.2) is 4.98 Å². The zero-order valence-corrected chi connectivity index (χ0v) is 15.0. The van der Waals surface area contributed by atoms with Gasteiger partial charge >= 0.3 is 0 Å². The highest BCUT2D eigenvalue weighted by atomic mass is 35.5. The molecule has 0 radical (unpaired) electrons. The Labute approximate surface area is 153 Å². The van der Waals surface area contributed by atoms with Crippen molar-refractivity contribution in [3.05, 3.63) is 70.2 Å². The number of benzene rings is 2. The van der Waals surface area contributed by atoms with Gasteiger partial charge in [-0.05, 0) is 23.8 Å². The Morgan fingerprint density at radius 1 is 1.04 bits per heavy atom. The summed E-state index contributed by atoms with van der Waals surface area (Å²) < 4.78 is 0. The third-order valence-corrected chi connectivity index (χ3v) is 5.05. The van der Waals surface area contributed by atoms with Gasteiger partial charge in [0.25, 0.3) is 0 Å². The van der Waals surface area contributed by atoms with Crippen LogP contribution in [-0.4, -0.2) is 25.2 Å². The van der Waals surface area contributed by atoms with E-state index in [1.165, 1.54) is 0 Å². The molecule has 0 fully saturated rings. The number of aromatic nitrogens is 5. The molecule has 25 heavy (non-hydrogen) atoms. The van der Waals surface area contributed by atoms with E-state index >= 15 is 0 Å². The summed E-state index contributed by atoms with van der Waals surface area (Å²) in [7, 11) is 0. The minimum atomic E-state index is 0.472. The van der Waals surface area contributed by atoms with Gasteiger partial charge in [0.2, 0.25) is 5.82 Å². The number of halogens is 1. The first-order valence-electron chi connectivity index (χ1n) is 7.74. The van der Waals surface area contributed by atoms with E-state index in [9.17, 15) is 0 Å². The second-order valence-electron chi connectivity index (χ2n) is 5.58. The topological polar surface area (TPSA) is 56.5 Å². The molecule has 2 aromatic carbocycles. The van der Waals surface area contributed by atoms with E-state index < -0.39 is 0 Å². The van der Waals surface area contributed by atoms with Crippen LogP contribution in [0, 0.1) is 6.92 Å². The summed E-state index contributed by atoms with van der Waals surface area (Å²) in [5.41, 5.74) is 3.93. The summed E-state index contributed by atoms with van der Waals surface area (Å²) in [6.07, 6.45) is 0. The van der Waals surface area contributed by atoms with Crippen LogP contribution in [0.2, 0.25) is 5.02 Å². The van der Waals surface area contributed by atoms with Crippen LogP contribution in [0.1, 0.15) is 11.3 Å². The number of thiazole rings is 1. The molecular formula is C18H14ClN5S. The molecule has 4 rings (SSSR count). The molecule has 0 unspecified atom stereocenters. The van der Waals surface area contributed by atoms with E-state index in [0.29, 0.717) is 17.4 Å². The molecule has 5 nitrogen and oxygen atoms in total. The van der Waals surface area contributed by atoms with Crippen molar-refractivity contribution >= 4 is 22.9 Å². The van der Waals surface area contributed by atoms with Crippen molar-refractivity contribution < 1.29 is 0 Å². The molecule has 7 heteroatoms. The summed E-state index contributed by atoms with van der Waals surface area (Å²) in [4.78, 5) is 6.20. The van der Waals surface area contributed by atoms with Crippen molar-refractivity contribution in [3.8, 4) is 22.0 Å². The van der Waals surface area contributed by atoms with E-state index in [1.54, 1.807) is 16.1 Å². The van der Waals surface area contributed by atoms with Crippen LogP contribution in [0.4, 0.5) is 0 Å². The van der Waals surface area contributed by atoms with E-state index in [0.717, 1.165) is 27.4 Å². The largest absolute Gasteiger partial charge is 0.239 e. The van der Waals surface area contributed by atoms with E-state index in [1.807, 2.05) is 60.8 Å². The Morgan fingerprint density at radius 2 is 1.80 bits per heavy atom. The number of rotatable bonds is 4. The standard InChI is InChI=1S/C18H14ClN5S/c1-12-6-2-3-7-14(12)17-21-23-24(22-17)10-13-11-25-18(20-13)15-8-4-5-9-16(15)19/h2-9,11H,10H2,1H3. The van der Waals surface area contributed by atoms with E-state index in [-0.39, 0.29) is 0 Å². The molecule has 0 atom stereocenters. The third kappa shape index (κ3) is 3.31. The molecule has 0 aliphatic rings. The average Bonchev–Trinajstić information content (AvgIpc) is 3.26. The van der Waals surface area contributed by atoms with Crippen molar-refractivity contribution in [3.63, 3.8) is 0 Å². The van der Waals surface area contributed by atoms with Crippen LogP contribution >= 0.6 is 22.9 Å². The van der Waals surface area contributed by atoms with E-state index in [4.69, 9.17) is 11.6 Å². The summed E-state index contributed by atoms with van der Waals surface area (Å²) in [6, 6.07) is 15.7. The first-order chi connectivity index (χ1) is 12.2. The zero-order valence-electron chi connectivity index (χ0n) is 13.4. The molecule has 0 saturated carbocycles. The van der Waals surface area contributed by atoms with Crippen molar-refractivity contribution in [2.45, 2.75) is 13.5 Å². The maximum atomic E-state index is 6.24. The molecular weight excluding hydrogens is 354 g/mol. The van der Waals surface area contributed by atoms with Gasteiger partial charge in [-0.3, -0.25) is 0 Å². The van der Waals surface area contributed by atoms with Gasteiger partial charge in [0, 0.05) is 16.5 Å². The average molecular weight is 368 g/mol. The predicted octanol–water partition coefficient (Wildman–Crippen LogP) is 4.47. The quantitative estimate of drug-likeness (QED) is 0.534. The lowest BCUT2D eigenvalue weighted by molar-refractivity contribution is 0.566. The molecule has 0 aliphatic carbocycles. The minimum Gasteiger partial charge on any atom is -0.239 e. The number of tetrazole rings is 1. The van der Waals surface area contributed by atoms with Gasteiger partial charge in [0.1, 0.15) is 11.6 Å². The SMILES string of the molecule is Cc1ccccc1-c1nnn(Cc2csc(-c3ccccc3Cl)n2)n1. The van der Waals surface area contributed by atoms with Crippen LogP contribution in [0.3, 0.4) is 0 Å². The van der Waals surface area contributed by atoms with E-state index in [2.05, 4.69) is 20.4 Å². The highest BCUT2D eigenvalue weighted by molar-refractivity contribution is 7.13. The number of hydrogen-bond donors (Lipinski definition) is 0. The second-order valence-corrected chi connectivity index (χ2v) is 6.85. The van der Waals surface area contributed by atoms with Crippen molar-refractivity contribution in [1.82, 2.24) is 25.2 Å². The molecule has 2 heterocycles. The monoisotopic (exact) mass is 367 g/mol. The number of aryl methyl sites for hydroxylation is 1. The minimum absolute atomic E-state index is 0.472. The molecule has 0 N–H and O–H groups in total. The lowest BCUT2D eigenvalue weighted by Crippen LogP contribution is -2.04. The van der Waals surface area contributed by atoms with Gasteiger partial charge in [-0.1, -0.05) is 54.1 Å². The Hall–Kier alpha value is -2.57. The first kappa shape index (κ1) is 15.9. The third-order valence-electron chi connectivity index (χ3n) is 3.80. The predicted molar refractivity (Wildman–Crippen MR) is 99.7 cm³/mol. The van der Waals surface area contributed by atoms with Crippen LogP contribution in [0.15, 0.2) is 53.9 Å². The molecule has 2 aromatic heterocycles. The van der Waals surface area contributed by atoms with Crippen molar-refractivity contribution in [1.29, 1.82) is 0 Å². The highest BCUT2D eigenvalue weighted by Gasteiger charge is 2.11. The van der Waals surface area contributed by atoms with Gasteiger partial charge in [-0.2, -0.15) is 4.80 Å². The molecule has 0 amide bonds. The molecule has 4 aromatic rings. The maximum absolute atomic E-state index is 6.24. The van der Waals surface area contributed by atoms with Crippen molar-refractivity contribution in [2.24, 2.45) is 0 Å². The molecule has 0 bridgehead atoms. The number of hydrogen-bond acceptors (Lipinski definition) is 5. The first-order valence-corrected chi connectivity index (χ1v) is 8.99. The molecule has 0 spiro atoms. The number of nitrogens with zero attached hydrogens (tertiary/aromatic N) is 5. The summed E-state index contributed by atoms with van der Waals surface area (Å²) in [6.45, 7) is 2.51. The Morgan fingerprint density at radius 3 is 2.60 bits per heavy atom. The van der Waals surface area contributed by atoms with Crippen LogP contribution in [-0.2, 0) is 6.54 Å². The summed E-state index contributed by atoms with van der Waals surface area (Å²) in [5.74, 6) is 0.625. The van der Waals surface area contributed by atoms with Crippen LogP contribution < -0.4 is 0 Å². The Bertz CT molecular complexity index is 942.